The van der Waals surface area contributed by atoms with Gasteiger partial charge in [0.05, 0.1) is 11.1 Å². The van der Waals surface area contributed by atoms with Gasteiger partial charge in [0, 0.05) is 29.6 Å². The van der Waals surface area contributed by atoms with Crippen molar-refractivity contribution in [3.63, 3.8) is 0 Å². The molecule has 0 aliphatic carbocycles. The molecular weight excluding hydrogens is 356 g/mol. The third-order valence-corrected chi connectivity index (χ3v) is 5.06. The van der Waals surface area contributed by atoms with Crippen molar-refractivity contribution in [1.82, 2.24) is 0 Å². The molecule has 1 aromatic carbocycles. The van der Waals surface area contributed by atoms with Crippen LogP contribution in [0.3, 0.4) is 0 Å². The maximum atomic E-state index is 12.0. The van der Waals surface area contributed by atoms with Crippen LogP contribution in [0.5, 0.6) is 0 Å². The van der Waals surface area contributed by atoms with Gasteiger partial charge in [0.1, 0.15) is 5.54 Å². The van der Waals surface area contributed by atoms with Crippen LogP contribution in [0.1, 0.15) is 32.6 Å². The molecule has 3 N–H and O–H groups in total. The van der Waals surface area contributed by atoms with Crippen LogP contribution in [-0.4, -0.2) is 24.2 Å². The molecule has 1 aliphatic heterocycles. The topological polar surface area (TPSA) is 64.3 Å². The predicted molar refractivity (Wildman–Crippen MR) is 88.6 cm³/mol. The van der Waals surface area contributed by atoms with Gasteiger partial charge in [-0.2, -0.15) is 0 Å². The van der Waals surface area contributed by atoms with E-state index in [1.54, 1.807) is 6.07 Å². The van der Waals surface area contributed by atoms with Crippen LogP contribution in [0.2, 0.25) is 5.02 Å². The Morgan fingerprint density at radius 3 is 3.00 bits per heavy atom. The van der Waals surface area contributed by atoms with Crippen LogP contribution >= 0.6 is 27.5 Å². The normalized spacial score (nSPS) is 25.6. The maximum absolute atomic E-state index is 12.0. The average molecular weight is 376 g/mol. The molecule has 21 heavy (non-hydrogen) atoms. The SMILES string of the molecule is CCCC1CC(Nc2ccc(Cl)c(Br)c2)(C(N)=O)CCO1. The van der Waals surface area contributed by atoms with Gasteiger partial charge in [-0.05, 0) is 40.5 Å². The summed E-state index contributed by atoms with van der Waals surface area (Å²) in [6.45, 7) is 2.64. The number of carbonyl (C=O) groups excluding carboxylic acids is 1. The largest absolute Gasteiger partial charge is 0.378 e. The monoisotopic (exact) mass is 374 g/mol. The van der Waals surface area contributed by atoms with E-state index < -0.39 is 5.54 Å². The molecule has 0 saturated carbocycles. The van der Waals surface area contributed by atoms with Crippen molar-refractivity contribution in [3.8, 4) is 0 Å². The number of primary amides is 1. The molecule has 116 valence electrons. The molecule has 1 aliphatic rings. The van der Waals surface area contributed by atoms with Gasteiger partial charge in [0.15, 0.2) is 0 Å². The Morgan fingerprint density at radius 2 is 2.38 bits per heavy atom. The molecular formula is C15H20BrClN2O2. The summed E-state index contributed by atoms with van der Waals surface area (Å²) in [5, 5.41) is 3.94. The van der Waals surface area contributed by atoms with Crippen molar-refractivity contribution in [2.75, 3.05) is 11.9 Å². The zero-order chi connectivity index (χ0) is 15.5. The number of amides is 1. The lowest BCUT2D eigenvalue weighted by Crippen LogP contribution is -2.56. The first-order chi connectivity index (χ1) is 9.97. The molecule has 0 spiro atoms. The first kappa shape index (κ1) is 16.6. The van der Waals surface area contributed by atoms with Crippen LogP contribution in [0.15, 0.2) is 22.7 Å². The lowest BCUT2D eigenvalue weighted by Gasteiger charge is -2.40. The molecule has 0 bridgehead atoms. The van der Waals surface area contributed by atoms with Crippen molar-refractivity contribution in [1.29, 1.82) is 0 Å². The van der Waals surface area contributed by atoms with Gasteiger partial charge < -0.3 is 15.8 Å². The van der Waals surface area contributed by atoms with Crippen molar-refractivity contribution in [3.05, 3.63) is 27.7 Å². The van der Waals surface area contributed by atoms with E-state index in [9.17, 15) is 4.79 Å². The molecule has 2 atom stereocenters. The van der Waals surface area contributed by atoms with E-state index in [2.05, 4.69) is 28.2 Å². The summed E-state index contributed by atoms with van der Waals surface area (Å²) < 4.78 is 6.51. The summed E-state index contributed by atoms with van der Waals surface area (Å²) in [6, 6.07) is 5.49. The minimum Gasteiger partial charge on any atom is -0.378 e. The molecule has 6 heteroatoms. The second kappa shape index (κ2) is 6.99. The molecule has 1 amide bonds. The molecule has 0 aromatic heterocycles. The van der Waals surface area contributed by atoms with E-state index in [1.807, 2.05) is 12.1 Å². The molecule has 2 rings (SSSR count). The fraction of sp³-hybridized carbons (Fsp3) is 0.533. The smallest absolute Gasteiger partial charge is 0.243 e. The number of nitrogens with one attached hydrogen (secondary N) is 1. The van der Waals surface area contributed by atoms with E-state index in [1.165, 1.54) is 0 Å². The Kier molecular flexibility index (Phi) is 5.52. The predicted octanol–water partition coefficient (Wildman–Crippen LogP) is 3.72. The number of benzene rings is 1. The van der Waals surface area contributed by atoms with Gasteiger partial charge in [-0.15, -0.1) is 0 Å². The molecule has 0 radical (unpaired) electrons. The van der Waals surface area contributed by atoms with Crippen LogP contribution in [0.25, 0.3) is 0 Å². The Hall–Kier alpha value is -0.780. The zero-order valence-corrected chi connectivity index (χ0v) is 14.3. The third-order valence-electron chi connectivity index (χ3n) is 3.84. The summed E-state index contributed by atoms with van der Waals surface area (Å²) in [6.07, 6.45) is 3.19. The molecule has 1 saturated heterocycles. The highest BCUT2D eigenvalue weighted by atomic mass is 79.9. The van der Waals surface area contributed by atoms with E-state index in [0.717, 1.165) is 23.0 Å². The quantitative estimate of drug-likeness (QED) is 0.824. The summed E-state index contributed by atoms with van der Waals surface area (Å²) >= 11 is 9.39. The molecule has 4 nitrogen and oxygen atoms in total. The van der Waals surface area contributed by atoms with Crippen LogP contribution in [0, 0.1) is 0 Å². The Balaban J connectivity index is 2.21. The minimum absolute atomic E-state index is 0.0690. The van der Waals surface area contributed by atoms with E-state index in [4.69, 9.17) is 22.1 Å². The number of halogens is 2. The fourth-order valence-corrected chi connectivity index (χ4v) is 3.20. The standard InChI is InChI=1S/C15H20BrClN2O2/c1-2-3-11-9-15(14(18)20,6-7-21-11)19-10-4-5-13(17)12(16)8-10/h4-5,8,11,19H,2-3,6-7,9H2,1H3,(H2,18,20). The van der Waals surface area contributed by atoms with Gasteiger partial charge in [0.25, 0.3) is 0 Å². The fourth-order valence-electron chi connectivity index (χ4n) is 2.71. The highest BCUT2D eigenvalue weighted by molar-refractivity contribution is 9.10. The lowest BCUT2D eigenvalue weighted by atomic mass is 9.84. The maximum Gasteiger partial charge on any atom is 0.243 e. The first-order valence-electron chi connectivity index (χ1n) is 7.11. The van der Waals surface area contributed by atoms with E-state index in [-0.39, 0.29) is 12.0 Å². The minimum atomic E-state index is -0.759. The van der Waals surface area contributed by atoms with Gasteiger partial charge >= 0.3 is 0 Å². The number of carbonyl (C=O) groups is 1. The summed E-state index contributed by atoms with van der Waals surface area (Å²) in [7, 11) is 0. The number of ether oxygens (including phenoxy) is 1. The number of hydrogen-bond acceptors (Lipinski definition) is 3. The highest BCUT2D eigenvalue weighted by Gasteiger charge is 2.41. The first-order valence-corrected chi connectivity index (χ1v) is 8.28. The van der Waals surface area contributed by atoms with Gasteiger partial charge in [-0.3, -0.25) is 4.79 Å². The molecule has 1 fully saturated rings. The van der Waals surface area contributed by atoms with E-state index in [0.29, 0.717) is 24.5 Å². The summed E-state index contributed by atoms with van der Waals surface area (Å²) in [5.41, 5.74) is 5.74. The van der Waals surface area contributed by atoms with Gasteiger partial charge in [-0.1, -0.05) is 24.9 Å². The van der Waals surface area contributed by atoms with Crippen molar-refractivity contribution < 1.29 is 9.53 Å². The summed E-state index contributed by atoms with van der Waals surface area (Å²) in [5.74, 6) is -0.335. The average Bonchev–Trinajstić information content (AvgIpc) is 2.43. The van der Waals surface area contributed by atoms with Gasteiger partial charge in [-0.25, -0.2) is 0 Å². The van der Waals surface area contributed by atoms with Crippen LogP contribution < -0.4 is 11.1 Å². The van der Waals surface area contributed by atoms with Gasteiger partial charge in [0.2, 0.25) is 5.91 Å². The highest BCUT2D eigenvalue weighted by Crippen LogP contribution is 2.33. The Labute approximate surface area is 138 Å². The Morgan fingerprint density at radius 1 is 1.62 bits per heavy atom. The number of hydrogen-bond donors (Lipinski definition) is 2. The van der Waals surface area contributed by atoms with Crippen LogP contribution in [0.4, 0.5) is 5.69 Å². The van der Waals surface area contributed by atoms with Crippen LogP contribution in [-0.2, 0) is 9.53 Å². The van der Waals surface area contributed by atoms with Crippen molar-refractivity contribution >= 4 is 39.1 Å². The van der Waals surface area contributed by atoms with Crippen molar-refractivity contribution in [2.24, 2.45) is 5.73 Å². The zero-order valence-electron chi connectivity index (χ0n) is 12.0. The molecule has 1 heterocycles. The van der Waals surface area contributed by atoms with Crippen molar-refractivity contribution in [2.45, 2.75) is 44.2 Å². The number of nitrogens with two attached hydrogens (primary N) is 1. The Bertz CT molecular complexity index is 524. The molecule has 2 unspecified atom stereocenters. The van der Waals surface area contributed by atoms with E-state index >= 15 is 0 Å². The number of anilines is 1. The summed E-state index contributed by atoms with van der Waals surface area (Å²) in [4.78, 5) is 12.0. The number of rotatable bonds is 5. The second-order valence-corrected chi connectivity index (χ2v) is 6.70. The second-order valence-electron chi connectivity index (χ2n) is 5.44. The molecule has 1 aromatic rings. The lowest BCUT2D eigenvalue weighted by molar-refractivity contribution is -0.127. The third kappa shape index (κ3) is 3.90.